The molecular weight excluding hydrogens is 182 g/mol. The summed E-state index contributed by atoms with van der Waals surface area (Å²) in [6.07, 6.45) is 1.85. The zero-order chi connectivity index (χ0) is 9.73. The van der Waals surface area contributed by atoms with E-state index >= 15 is 0 Å². The molecule has 1 heterocycles. The molecule has 0 saturated heterocycles. The predicted molar refractivity (Wildman–Crippen MR) is 57.2 cm³/mol. The minimum Gasteiger partial charge on any atom is -0.394 e. The molecule has 1 aromatic heterocycles. The van der Waals surface area contributed by atoms with Crippen LogP contribution in [0.2, 0.25) is 0 Å². The minimum atomic E-state index is -0.134. The fraction of sp³-hybridized carbons (Fsp3) is 0.600. The quantitative estimate of drug-likeness (QED) is 0.756. The van der Waals surface area contributed by atoms with Gasteiger partial charge in [-0.05, 0) is 24.9 Å². The maximum Gasteiger partial charge on any atom is 0.0616 e. The lowest BCUT2D eigenvalue weighted by Gasteiger charge is -2.29. The van der Waals surface area contributed by atoms with Gasteiger partial charge in [-0.3, -0.25) is 0 Å². The van der Waals surface area contributed by atoms with Crippen LogP contribution in [-0.4, -0.2) is 24.3 Å². The summed E-state index contributed by atoms with van der Waals surface area (Å²) in [6, 6.07) is 4.16. The summed E-state index contributed by atoms with van der Waals surface area (Å²) < 4.78 is 0. The lowest BCUT2D eigenvalue weighted by molar-refractivity contribution is 0.164. The minimum absolute atomic E-state index is 0.134. The third-order valence-corrected chi connectivity index (χ3v) is 3.48. The van der Waals surface area contributed by atoms with E-state index < -0.39 is 0 Å². The molecule has 0 fully saturated rings. The number of hydrogen-bond acceptors (Lipinski definition) is 3. The van der Waals surface area contributed by atoms with E-state index in [1.165, 1.54) is 4.88 Å². The Labute approximate surface area is 83.6 Å². The van der Waals surface area contributed by atoms with E-state index in [0.717, 1.165) is 12.8 Å². The molecule has 0 bridgehead atoms. The molecule has 74 valence electrons. The van der Waals surface area contributed by atoms with Crippen LogP contribution in [0.3, 0.4) is 0 Å². The highest BCUT2D eigenvalue weighted by atomic mass is 32.1. The van der Waals surface area contributed by atoms with Crippen molar-refractivity contribution in [2.24, 2.45) is 0 Å². The average Bonchev–Trinajstić information content (AvgIpc) is 2.67. The summed E-state index contributed by atoms with van der Waals surface area (Å²) in [5.74, 6) is 0. The molecule has 0 aliphatic rings. The van der Waals surface area contributed by atoms with Gasteiger partial charge in [0.1, 0.15) is 0 Å². The van der Waals surface area contributed by atoms with Crippen molar-refractivity contribution in [1.29, 1.82) is 0 Å². The molecule has 1 unspecified atom stereocenters. The van der Waals surface area contributed by atoms with Crippen molar-refractivity contribution in [1.82, 2.24) is 5.32 Å². The van der Waals surface area contributed by atoms with Crippen molar-refractivity contribution in [2.75, 3.05) is 13.7 Å². The monoisotopic (exact) mass is 199 g/mol. The van der Waals surface area contributed by atoms with Crippen LogP contribution in [0.1, 0.15) is 18.2 Å². The second-order valence-corrected chi connectivity index (χ2v) is 4.33. The van der Waals surface area contributed by atoms with Crippen LogP contribution in [0.5, 0.6) is 0 Å². The van der Waals surface area contributed by atoms with Crippen LogP contribution >= 0.6 is 11.3 Å². The Hall–Kier alpha value is -0.380. The molecule has 0 radical (unpaired) electrons. The summed E-state index contributed by atoms with van der Waals surface area (Å²) in [6.45, 7) is 2.29. The first-order chi connectivity index (χ1) is 6.26. The van der Waals surface area contributed by atoms with E-state index in [1.54, 1.807) is 11.3 Å². The zero-order valence-electron chi connectivity index (χ0n) is 8.21. The largest absolute Gasteiger partial charge is 0.394 e. The molecule has 0 aromatic carbocycles. The van der Waals surface area contributed by atoms with Crippen LogP contribution in [0.4, 0.5) is 0 Å². The fourth-order valence-electron chi connectivity index (χ4n) is 1.38. The first kappa shape index (κ1) is 10.7. The van der Waals surface area contributed by atoms with Gasteiger partial charge in [-0.25, -0.2) is 0 Å². The van der Waals surface area contributed by atoms with Crippen LogP contribution in [0.15, 0.2) is 17.5 Å². The predicted octanol–water partition coefficient (Wildman–Crippen LogP) is 1.65. The van der Waals surface area contributed by atoms with Gasteiger partial charge in [0.2, 0.25) is 0 Å². The molecule has 1 atom stereocenters. The van der Waals surface area contributed by atoms with E-state index in [2.05, 4.69) is 23.7 Å². The molecule has 3 heteroatoms. The highest BCUT2D eigenvalue weighted by Crippen LogP contribution is 2.19. The lowest BCUT2D eigenvalue weighted by Crippen LogP contribution is -2.47. The molecule has 0 aliphatic carbocycles. The second-order valence-electron chi connectivity index (χ2n) is 3.30. The Bertz CT molecular complexity index is 221. The smallest absolute Gasteiger partial charge is 0.0616 e. The summed E-state index contributed by atoms with van der Waals surface area (Å²) in [5.41, 5.74) is -0.134. The van der Waals surface area contributed by atoms with Gasteiger partial charge >= 0.3 is 0 Å². The van der Waals surface area contributed by atoms with Crippen molar-refractivity contribution in [3.05, 3.63) is 22.4 Å². The van der Waals surface area contributed by atoms with Crippen LogP contribution < -0.4 is 5.32 Å². The normalized spacial score (nSPS) is 15.6. The highest BCUT2D eigenvalue weighted by Gasteiger charge is 2.25. The summed E-state index contributed by atoms with van der Waals surface area (Å²) in [4.78, 5) is 1.32. The Morgan fingerprint density at radius 3 is 2.77 bits per heavy atom. The van der Waals surface area contributed by atoms with E-state index in [9.17, 15) is 5.11 Å². The van der Waals surface area contributed by atoms with E-state index in [0.29, 0.717) is 0 Å². The third-order valence-electron chi connectivity index (χ3n) is 2.60. The van der Waals surface area contributed by atoms with Crippen molar-refractivity contribution in [3.63, 3.8) is 0 Å². The second kappa shape index (κ2) is 4.74. The summed E-state index contributed by atoms with van der Waals surface area (Å²) in [7, 11) is 1.91. The molecule has 0 aliphatic heterocycles. The third kappa shape index (κ3) is 2.53. The van der Waals surface area contributed by atoms with Crippen molar-refractivity contribution in [2.45, 2.75) is 25.3 Å². The molecule has 1 aromatic rings. The fourth-order valence-corrected chi connectivity index (χ4v) is 2.23. The lowest BCUT2D eigenvalue weighted by atomic mass is 9.92. The van der Waals surface area contributed by atoms with Gasteiger partial charge in [0, 0.05) is 16.8 Å². The first-order valence-corrected chi connectivity index (χ1v) is 5.46. The van der Waals surface area contributed by atoms with Crippen LogP contribution in [0.25, 0.3) is 0 Å². The molecule has 1 rings (SSSR count). The SMILES string of the molecule is CCC(CO)(Cc1cccs1)NC. The Kier molecular flexibility index (Phi) is 3.90. The van der Waals surface area contributed by atoms with E-state index in [-0.39, 0.29) is 12.1 Å². The number of likely N-dealkylation sites (N-methyl/N-ethyl adjacent to an activating group) is 1. The number of aliphatic hydroxyl groups is 1. The number of aliphatic hydroxyl groups excluding tert-OH is 1. The first-order valence-electron chi connectivity index (χ1n) is 4.58. The van der Waals surface area contributed by atoms with Gasteiger partial charge in [-0.15, -0.1) is 11.3 Å². The van der Waals surface area contributed by atoms with Crippen LogP contribution in [-0.2, 0) is 6.42 Å². The molecular formula is C10H17NOS. The Morgan fingerprint density at radius 1 is 1.62 bits per heavy atom. The van der Waals surface area contributed by atoms with Gasteiger partial charge in [0.25, 0.3) is 0 Å². The number of hydrogen-bond donors (Lipinski definition) is 2. The van der Waals surface area contributed by atoms with Crippen molar-refractivity contribution in [3.8, 4) is 0 Å². The van der Waals surface area contributed by atoms with Gasteiger partial charge in [0.05, 0.1) is 6.61 Å². The van der Waals surface area contributed by atoms with Gasteiger partial charge in [0.15, 0.2) is 0 Å². The van der Waals surface area contributed by atoms with Gasteiger partial charge < -0.3 is 10.4 Å². The maximum atomic E-state index is 9.32. The molecule has 2 N–H and O–H groups in total. The molecule has 2 nitrogen and oxygen atoms in total. The topological polar surface area (TPSA) is 32.3 Å². The number of nitrogens with one attached hydrogen (secondary N) is 1. The average molecular weight is 199 g/mol. The van der Waals surface area contributed by atoms with E-state index in [4.69, 9.17) is 0 Å². The van der Waals surface area contributed by atoms with Crippen molar-refractivity contribution < 1.29 is 5.11 Å². The van der Waals surface area contributed by atoms with Crippen LogP contribution in [0, 0.1) is 0 Å². The Balaban J connectivity index is 2.67. The van der Waals surface area contributed by atoms with E-state index in [1.807, 2.05) is 13.1 Å². The standard InChI is InChI=1S/C10H17NOS/c1-3-10(8-12,11-2)7-9-5-4-6-13-9/h4-6,11-12H,3,7-8H2,1-2H3. The highest BCUT2D eigenvalue weighted by molar-refractivity contribution is 7.09. The number of rotatable bonds is 5. The van der Waals surface area contributed by atoms with Gasteiger partial charge in [-0.1, -0.05) is 13.0 Å². The maximum absolute atomic E-state index is 9.32. The zero-order valence-corrected chi connectivity index (χ0v) is 9.03. The van der Waals surface area contributed by atoms with Crippen molar-refractivity contribution >= 4 is 11.3 Å². The molecule has 0 amide bonds. The molecule has 13 heavy (non-hydrogen) atoms. The number of thiophene rings is 1. The van der Waals surface area contributed by atoms with Gasteiger partial charge in [-0.2, -0.15) is 0 Å². The molecule has 0 saturated carbocycles. The molecule has 0 spiro atoms. The Morgan fingerprint density at radius 2 is 2.38 bits per heavy atom. The summed E-state index contributed by atoms with van der Waals surface area (Å²) >= 11 is 1.74. The summed E-state index contributed by atoms with van der Waals surface area (Å²) in [5, 5.41) is 14.6.